The summed E-state index contributed by atoms with van der Waals surface area (Å²) in [5.41, 5.74) is 1.73. The van der Waals surface area contributed by atoms with E-state index in [1.165, 1.54) is 6.20 Å². The molecule has 0 saturated carbocycles. The first-order valence-corrected chi connectivity index (χ1v) is 8.10. The van der Waals surface area contributed by atoms with Crippen LogP contribution < -0.4 is 4.72 Å². The largest absolute Gasteiger partial charge is 0.361 e. The zero-order valence-electron chi connectivity index (χ0n) is 10.9. The van der Waals surface area contributed by atoms with Crippen molar-refractivity contribution in [3.8, 4) is 0 Å². The zero-order valence-corrected chi connectivity index (χ0v) is 12.5. The van der Waals surface area contributed by atoms with E-state index in [0.29, 0.717) is 6.42 Å². The molecule has 2 aromatic rings. The highest BCUT2D eigenvalue weighted by molar-refractivity contribution is 7.91. The van der Waals surface area contributed by atoms with Crippen molar-refractivity contribution in [2.45, 2.75) is 37.6 Å². The molecule has 1 atom stereocenters. The first-order valence-electron chi connectivity index (χ1n) is 5.73. The molecule has 0 fully saturated rings. The number of nitrogens with one attached hydrogen (secondary N) is 1. The molecule has 6 nitrogen and oxygen atoms in total. The molecule has 0 spiro atoms. The van der Waals surface area contributed by atoms with Gasteiger partial charge in [0.1, 0.15) is 5.76 Å². The maximum atomic E-state index is 12.0. The van der Waals surface area contributed by atoms with Crippen LogP contribution in [0.15, 0.2) is 20.4 Å². The highest BCUT2D eigenvalue weighted by Crippen LogP contribution is 2.16. The summed E-state index contributed by atoms with van der Waals surface area (Å²) in [6.45, 7) is 5.46. The van der Waals surface area contributed by atoms with Gasteiger partial charge >= 0.3 is 0 Å². The van der Waals surface area contributed by atoms with Gasteiger partial charge in [-0.25, -0.2) is 18.1 Å². The summed E-state index contributed by atoms with van der Waals surface area (Å²) >= 11 is 1.09. The smallest absolute Gasteiger partial charge is 0.268 e. The van der Waals surface area contributed by atoms with Gasteiger partial charge in [0.25, 0.3) is 10.0 Å². The molecule has 2 rings (SSSR count). The van der Waals surface area contributed by atoms with E-state index in [0.717, 1.165) is 28.4 Å². The van der Waals surface area contributed by atoms with Crippen LogP contribution in [0.5, 0.6) is 0 Å². The molecule has 0 bridgehead atoms. The van der Waals surface area contributed by atoms with Crippen LogP contribution in [0.2, 0.25) is 0 Å². The minimum atomic E-state index is -3.54. The van der Waals surface area contributed by atoms with Gasteiger partial charge in [-0.15, -0.1) is 11.3 Å². The molecule has 104 valence electrons. The maximum Gasteiger partial charge on any atom is 0.268 e. The van der Waals surface area contributed by atoms with Crippen LogP contribution in [-0.2, 0) is 16.4 Å². The van der Waals surface area contributed by atoms with E-state index >= 15 is 0 Å². The third-order valence-electron chi connectivity index (χ3n) is 2.69. The second kappa shape index (κ2) is 5.40. The summed E-state index contributed by atoms with van der Waals surface area (Å²) in [6, 6.07) is -0.259. The normalized spacial score (nSPS) is 13.6. The topological polar surface area (TPSA) is 85.1 Å². The quantitative estimate of drug-likeness (QED) is 0.907. The molecule has 19 heavy (non-hydrogen) atoms. The lowest BCUT2D eigenvalue weighted by molar-refractivity contribution is 0.392. The molecule has 0 amide bonds. The summed E-state index contributed by atoms with van der Waals surface area (Å²) in [5.74, 6) is 0.720. The lowest BCUT2D eigenvalue weighted by Gasteiger charge is -2.12. The van der Waals surface area contributed by atoms with Crippen molar-refractivity contribution in [3.05, 3.63) is 28.6 Å². The van der Waals surface area contributed by atoms with Crippen molar-refractivity contribution in [2.75, 3.05) is 0 Å². The van der Waals surface area contributed by atoms with Crippen LogP contribution in [-0.4, -0.2) is 24.6 Å². The fraction of sp³-hybridized carbons (Fsp3) is 0.455. The fourth-order valence-electron chi connectivity index (χ4n) is 1.80. The number of aromatic nitrogens is 2. The molecule has 0 saturated heterocycles. The predicted molar refractivity (Wildman–Crippen MR) is 71.6 cm³/mol. The zero-order chi connectivity index (χ0) is 14.0. The molecular formula is C11H15N3O3S2. The Hall–Kier alpha value is -1.25. The molecule has 2 heterocycles. The van der Waals surface area contributed by atoms with E-state index in [9.17, 15) is 8.42 Å². The Labute approximate surface area is 115 Å². The van der Waals surface area contributed by atoms with Crippen LogP contribution in [0.1, 0.15) is 23.9 Å². The van der Waals surface area contributed by atoms with Crippen molar-refractivity contribution in [2.24, 2.45) is 0 Å². The molecule has 1 unspecified atom stereocenters. The van der Waals surface area contributed by atoms with Crippen molar-refractivity contribution in [1.29, 1.82) is 0 Å². The Kier molecular flexibility index (Phi) is 4.02. The van der Waals surface area contributed by atoms with Gasteiger partial charge < -0.3 is 4.52 Å². The molecule has 0 aliphatic rings. The van der Waals surface area contributed by atoms with E-state index in [2.05, 4.69) is 14.9 Å². The third kappa shape index (κ3) is 3.20. The van der Waals surface area contributed by atoms with Gasteiger partial charge in [-0.2, -0.15) is 0 Å². The van der Waals surface area contributed by atoms with Gasteiger partial charge in [-0.05, 0) is 27.2 Å². The predicted octanol–water partition coefficient (Wildman–Crippen LogP) is 1.66. The molecule has 2 aromatic heterocycles. The van der Waals surface area contributed by atoms with Gasteiger partial charge in [0, 0.05) is 23.2 Å². The fourth-order valence-corrected chi connectivity index (χ4v) is 3.89. The average Bonchev–Trinajstić information content (AvgIpc) is 2.94. The van der Waals surface area contributed by atoms with Gasteiger partial charge in [-0.1, -0.05) is 5.16 Å². The van der Waals surface area contributed by atoms with Gasteiger partial charge in [-0.3, -0.25) is 0 Å². The number of rotatable bonds is 5. The summed E-state index contributed by atoms with van der Waals surface area (Å²) in [4.78, 5) is 3.81. The molecule has 0 aliphatic carbocycles. The average molecular weight is 301 g/mol. The molecule has 8 heteroatoms. The monoisotopic (exact) mass is 301 g/mol. The Morgan fingerprint density at radius 3 is 2.74 bits per heavy atom. The van der Waals surface area contributed by atoms with Gasteiger partial charge in [0.15, 0.2) is 0 Å². The number of nitrogens with zero attached hydrogens (tertiary/aromatic N) is 2. The lowest BCUT2D eigenvalue weighted by Crippen LogP contribution is -2.34. The summed E-state index contributed by atoms with van der Waals surface area (Å²) < 4.78 is 31.7. The Morgan fingerprint density at radius 2 is 2.21 bits per heavy atom. The van der Waals surface area contributed by atoms with Crippen LogP contribution >= 0.6 is 11.3 Å². The van der Waals surface area contributed by atoms with E-state index in [1.807, 2.05) is 13.8 Å². The summed E-state index contributed by atoms with van der Waals surface area (Å²) in [5, 5.41) is 5.49. The highest BCUT2D eigenvalue weighted by Gasteiger charge is 2.21. The molecule has 0 aromatic carbocycles. The second-order valence-corrected chi connectivity index (χ2v) is 7.11. The molecular weight excluding hydrogens is 286 g/mol. The van der Waals surface area contributed by atoms with Crippen molar-refractivity contribution >= 4 is 21.4 Å². The Bertz CT molecular complexity index is 627. The van der Waals surface area contributed by atoms with Crippen molar-refractivity contribution in [1.82, 2.24) is 14.9 Å². The van der Waals surface area contributed by atoms with Crippen LogP contribution in [0.25, 0.3) is 0 Å². The number of sulfonamides is 1. The SMILES string of the molecule is Cc1noc(C)c1CC(C)NS(=O)(=O)c1nccs1. The minimum Gasteiger partial charge on any atom is -0.361 e. The van der Waals surface area contributed by atoms with E-state index < -0.39 is 10.0 Å². The molecule has 0 aliphatic heterocycles. The lowest BCUT2D eigenvalue weighted by atomic mass is 10.1. The second-order valence-electron chi connectivity index (χ2n) is 4.33. The Balaban J connectivity index is 2.08. The van der Waals surface area contributed by atoms with Gasteiger partial charge in [0.05, 0.1) is 5.69 Å². The van der Waals surface area contributed by atoms with Crippen LogP contribution in [0.4, 0.5) is 0 Å². The van der Waals surface area contributed by atoms with E-state index in [1.54, 1.807) is 12.3 Å². The van der Waals surface area contributed by atoms with Crippen LogP contribution in [0.3, 0.4) is 0 Å². The van der Waals surface area contributed by atoms with Crippen molar-refractivity contribution < 1.29 is 12.9 Å². The minimum absolute atomic E-state index is 0.0816. The highest BCUT2D eigenvalue weighted by atomic mass is 32.2. The summed E-state index contributed by atoms with van der Waals surface area (Å²) in [6.07, 6.45) is 2.00. The van der Waals surface area contributed by atoms with E-state index in [-0.39, 0.29) is 10.4 Å². The standard InChI is InChI=1S/C11H15N3O3S2/c1-7(6-10-8(2)13-17-9(10)3)14-19(15,16)11-12-4-5-18-11/h4-5,7,14H,6H2,1-3H3. The number of hydrogen-bond acceptors (Lipinski definition) is 6. The number of hydrogen-bond donors (Lipinski definition) is 1. The number of aryl methyl sites for hydroxylation is 2. The van der Waals surface area contributed by atoms with Crippen molar-refractivity contribution in [3.63, 3.8) is 0 Å². The third-order valence-corrected chi connectivity index (χ3v) is 5.48. The van der Waals surface area contributed by atoms with E-state index in [4.69, 9.17) is 4.52 Å². The number of thiazole rings is 1. The first-order chi connectivity index (χ1) is 8.90. The molecule has 1 N–H and O–H groups in total. The maximum absolute atomic E-state index is 12.0. The summed E-state index contributed by atoms with van der Waals surface area (Å²) in [7, 11) is -3.54. The Morgan fingerprint density at radius 1 is 1.47 bits per heavy atom. The van der Waals surface area contributed by atoms with Crippen LogP contribution in [0, 0.1) is 13.8 Å². The van der Waals surface area contributed by atoms with Gasteiger partial charge in [0.2, 0.25) is 4.34 Å². The first kappa shape index (κ1) is 14.2. The molecule has 0 radical (unpaired) electrons.